The largest absolute Gasteiger partial charge is 0.312 e. The Morgan fingerprint density at radius 2 is 1.94 bits per heavy atom. The predicted octanol–water partition coefficient (Wildman–Crippen LogP) is 2.74. The molecular formula is C15H30N2. The average molecular weight is 238 g/mol. The summed E-state index contributed by atoms with van der Waals surface area (Å²) in [7, 11) is 0. The second-order valence-corrected chi connectivity index (χ2v) is 6.81. The van der Waals surface area contributed by atoms with Crippen molar-refractivity contribution in [3.63, 3.8) is 0 Å². The molecule has 0 bridgehead atoms. The van der Waals surface area contributed by atoms with Crippen LogP contribution >= 0.6 is 0 Å². The minimum atomic E-state index is 0.680. The molecule has 1 N–H and O–H groups in total. The Bertz CT molecular complexity index is 237. The van der Waals surface area contributed by atoms with Crippen LogP contribution in [0.1, 0.15) is 47.0 Å². The monoisotopic (exact) mass is 238 g/mol. The highest BCUT2D eigenvalue weighted by Gasteiger charge is 2.39. The first-order chi connectivity index (χ1) is 8.08. The van der Waals surface area contributed by atoms with E-state index < -0.39 is 0 Å². The number of rotatable bonds is 5. The Morgan fingerprint density at radius 3 is 2.59 bits per heavy atom. The maximum Gasteiger partial charge on any atom is 0.0226 e. The van der Waals surface area contributed by atoms with E-state index in [9.17, 15) is 0 Å². The van der Waals surface area contributed by atoms with Crippen LogP contribution in [-0.2, 0) is 0 Å². The van der Waals surface area contributed by atoms with Crippen LogP contribution in [-0.4, -0.2) is 36.6 Å². The molecule has 0 amide bonds. The van der Waals surface area contributed by atoms with Crippen LogP contribution < -0.4 is 5.32 Å². The summed E-state index contributed by atoms with van der Waals surface area (Å²) in [6.07, 6.45) is 4.41. The summed E-state index contributed by atoms with van der Waals surface area (Å²) in [6, 6.07) is 1.45. The van der Waals surface area contributed by atoms with Gasteiger partial charge in [-0.15, -0.1) is 0 Å². The summed E-state index contributed by atoms with van der Waals surface area (Å²) >= 11 is 0. The predicted molar refractivity (Wildman–Crippen MR) is 74.2 cm³/mol. The van der Waals surface area contributed by atoms with Crippen molar-refractivity contribution in [2.75, 3.05) is 19.6 Å². The van der Waals surface area contributed by atoms with Gasteiger partial charge in [0.15, 0.2) is 0 Å². The molecule has 100 valence electrons. The third-order valence-electron chi connectivity index (χ3n) is 4.64. The summed E-state index contributed by atoms with van der Waals surface area (Å²) in [6.45, 7) is 13.1. The van der Waals surface area contributed by atoms with Crippen LogP contribution in [0.4, 0.5) is 0 Å². The Balaban J connectivity index is 1.89. The molecule has 0 aromatic rings. The lowest BCUT2D eigenvalue weighted by Gasteiger charge is -2.32. The van der Waals surface area contributed by atoms with Crippen molar-refractivity contribution in [1.82, 2.24) is 10.2 Å². The average Bonchev–Trinajstić information content (AvgIpc) is 2.80. The van der Waals surface area contributed by atoms with E-state index in [1.807, 2.05) is 0 Å². The first-order valence-electron chi connectivity index (χ1n) is 7.55. The molecule has 1 saturated carbocycles. The first-order valence-corrected chi connectivity index (χ1v) is 7.55. The number of hydrogen-bond donors (Lipinski definition) is 1. The molecule has 1 heterocycles. The standard InChI is InChI=1S/C15H30N2/c1-11(2)9-17(12(3)4)10-15-14-7-5-6-13(14)8-16-15/h11-16H,5-10H2,1-4H3. The molecule has 0 aromatic carbocycles. The van der Waals surface area contributed by atoms with Gasteiger partial charge in [0.25, 0.3) is 0 Å². The van der Waals surface area contributed by atoms with Crippen LogP contribution in [0.25, 0.3) is 0 Å². The highest BCUT2D eigenvalue weighted by atomic mass is 15.2. The smallest absolute Gasteiger partial charge is 0.0226 e. The van der Waals surface area contributed by atoms with Crippen molar-refractivity contribution in [2.45, 2.75) is 59.0 Å². The molecule has 1 aliphatic heterocycles. The van der Waals surface area contributed by atoms with E-state index in [-0.39, 0.29) is 0 Å². The van der Waals surface area contributed by atoms with Crippen LogP contribution in [0.2, 0.25) is 0 Å². The van der Waals surface area contributed by atoms with Crippen molar-refractivity contribution >= 4 is 0 Å². The van der Waals surface area contributed by atoms with Gasteiger partial charge in [0.2, 0.25) is 0 Å². The molecule has 0 aromatic heterocycles. The molecule has 2 aliphatic rings. The molecular weight excluding hydrogens is 208 g/mol. The molecule has 1 aliphatic carbocycles. The quantitative estimate of drug-likeness (QED) is 0.792. The zero-order valence-corrected chi connectivity index (χ0v) is 12.1. The van der Waals surface area contributed by atoms with E-state index >= 15 is 0 Å². The second kappa shape index (κ2) is 5.71. The highest BCUT2D eigenvalue weighted by molar-refractivity contribution is 4.95. The van der Waals surface area contributed by atoms with Crippen LogP contribution in [0.5, 0.6) is 0 Å². The Kier molecular flexibility index (Phi) is 4.48. The summed E-state index contributed by atoms with van der Waals surface area (Å²) in [5.41, 5.74) is 0. The molecule has 2 rings (SSSR count). The Morgan fingerprint density at radius 1 is 1.18 bits per heavy atom. The van der Waals surface area contributed by atoms with Crippen molar-refractivity contribution in [1.29, 1.82) is 0 Å². The maximum absolute atomic E-state index is 3.78. The van der Waals surface area contributed by atoms with E-state index in [0.29, 0.717) is 6.04 Å². The fourth-order valence-corrected chi connectivity index (χ4v) is 3.72. The van der Waals surface area contributed by atoms with E-state index in [1.165, 1.54) is 38.9 Å². The lowest BCUT2D eigenvalue weighted by molar-refractivity contribution is 0.167. The lowest BCUT2D eigenvalue weighted by Crippen LogP contribution is -2.45. The molecule has 2 nitrogen and oxygen atoms in total. The molecule has 0 radical (unpaired) electrons. The van der Waals surface area contributed by atoms with Crippen LogP contribution in [0, 0.1) is 17.8 Å². The van der Waals surface area contributed by atoms with Gasteiger partial charge in [-0.3, -0.25) is 4.90 Å². The van der Waals surface area contributed by atoms with Gasteiger partial charge in [0, 0.05) is 25.2 Å². The topological polar surface area (TPSA) is 15.3 Å². The molecule has 17 heavy (non-hydrogen) atoms. The first kappa shape index (κ1) is 13.4. The number of nitrogens with zero attached hydrogens (tertiary/aromatic N) is 1. The van der Waals surface area contributed by atoms with Gasteiger partial charge in [0.1, 0.15) is 0 Å². The van der Waals surface area contributed by atoms with E-state index in [1.54, 1.807) is 0 Å². The minimum Gasteiger partial charge on any atom is -0.312 e. The van der Waals surface area contributed by atoms with E-state index in [4.69, 9.17) is 0 Å². The third-order valence-corrected chi connectivity index (χ3v) is 4.64. The molecule has 0 spiro atoms. The van der Waals surface area contributed by atoms with Crippen molar-refractivity contribution in [3.05, 3.63) is 0 Å². The molecule has 1 saturated heterocycles. The summed E-state index contributed by atoms with van der Waals surface area (Å²) in [4.78, 5) is 2.67. The van der Waals surface area contributed by atoms with Crippen molar-refractivity contribution in [3.8, 4) is 0 Å². The fraction of sp³-hybridized carbons (Fsp3) is 1.00. The fourth-order valence-electron chi connectivity index (χ4n) is 3.72. The molecule has 3 atom stereocenters. The molecule has 3 unspecified atom stereocenters. The zero-order valence-electron chi connectivity index (χ0n) is 12.1. The van der Waals surface area contributed by atoms with Gasteiger partial charge in [-0.2, -0.15) is 0 Å². The van der Waals surface area contributed by atoms with Gasteiger partial charge in [0.05, 0.1) is 0 Å². The highest BCUT2D eigenvalue weighted by Crippen LogP contribution is 2.38. The summed E-state index contributed by atoms with van der Waals surface area (Å²) in [5.74, 6) is 2.75. The lowest BCUT2D eigenvalue weighted by atomic mass is 9.93. The third kappa shape index (κ3) is 3.23. The Labute approximate surface area is 107 Å². The van der Waals surface area contributed by atoms with Crippen LogP contribution in [0.3, 0.4) is 0 Å². The van der Waals surface area contributed by atoms with E-state index in [0.717, 1.165) is 23.8 Å². The maximum atomic E-state index is 3.78. The molecule has 2 heteroatoms. The number of fused-ring (bicyclic) bond motifs is 1. The SMILES string of the molecule is CC(C)CN(CC1NCC2CCCC21)C(C)C. The number of nitrogens with one attached hydrogen (secondary N) is 1. The number of hydrogen-bond acceptors (Lipinski definition) is 2. The van der Waals surface area contributed by atoms with Gasteiger partial charge < -0.3 is 5.32 Å². The van der Waals surface area contributed by atoms with Gasteiger partial charge in [-0.05, 0) is 51.0 Å². The van der Waals surface area contributed by atoms with Crippen molar-refractivity contribution in [2.24, 2.45) is 17.8 Å². The molecule has 2 fully saturated rings. The zero-order chi connectivity index (χ0) is 12.4. The Hall–Kier alpha value is -0.0800. The van der Waals surface area contributed by atoms with Crippen LogP contribution in [0.15, 0.2) is 0 Å². The normalized spacial score (nSPS) is 33.0. The van der Waals surface area contributed by atoms with Crippen molar-refractivity contribution < 1.29 is 0 Å². The van der Waals surface area contributed by atoms with Gasteiger partial charge >= 0.3 is 0 Å². The summed E-state index contributed by atoms with van der Waals surface area (Å²) in [5, 5.41) is 3.78. The van der Waals surface area contributed by atoms with Gasteiger partial charge in [-0.25, -0.2) is 0 Å². The summed E-state index contributed by atoms with van der Waals surface area (Å²) < 4.78 is 0. The minimum absolute atomic E-state index is 0.680. The van der Waals surface area contributed by atoms with Gasteiger partial charge in [-0.1, -0.05) is 20.3 Å². The second-order valence-electron chi connectivity index (χ2n) is 6.81. The van der Waals surface area contributed by atoms with E-state index in [2.05, 4.69) is 37.9 Å².